The van der Waals surface area contributed by atoms with Crippen LogP contribution in [0.15, 0.2) is 29.3 Å². The molecule has 1 aromatic heterocycles. The van der Waals surface area contributed by atoms with Gasteiger partial charge in [-0.05, 0) is 5.57 Å². The minimum atomic E-state index is -1.57. The molecular formula is C14H13N4NaO5S2. The molecule has 9 nitrogen and oxygen atoms in total. The van der Waals surface area contributed by atoms with Gasteiger partial charge in [-0.15, -0.1) is 23.1 Å². The van der Waals surface area contributed by atoms with Crippen molar-refractivity contribution in [2.45, 2.75) is 17.5 Å². The Morgan fingerprint density at radius 1 is 1.58 bits per heavy atom. The van der Waals surface area contributed by atoms with E-state index in [0.717, 1.165) is 16.2 Å². The molecule has 1 fully saturated rings. The van der Waals surface area contributed by atoms with Crippen molar-refractivity contribution < 1.29 is 54.2 Å². The molecule has 1 saturated heterocycles. The summed E-state index contributed by atoms with van der Waals surface area (Å²) in [6.07, 6.45) is -0.201. The summed E-state index contributed by atoms with van der Waals surface area (Å²) in [5, 5.41) is 24.8. The Labute approximate surface area is 178 Å². The van der Waals surface area contributed by atoms with Crippen LogP contribution in [0.3, 0.4) is 0 Å². The van der Waals surface area contributed by atoms with E-state index in [2.05, 4.69) is 16.9 Å². The van der Waals surface area contributed by atoms with Crippen molar-refractivity contribution in [3.63, 3.8) is 0 Å². The number of hydrogen-bond donors (Lipinski definition) is 3. The maximum atomic E-state index is 12.3. The summed E-state index contributed by atoms with van der Waals surface area (Å²) < 4.78 is 0. The number of aliphatic hydroxyl groups excluding tert-OH is 1. The zero-order chi connectivity index (χ0) is 18.3. The van der Waals surface area contributed by atoms with Crippen LogP contribution in [0.4, 0.5) is 5.13 Å². The number of nitrogens with two attached hydrogens (primary N) is 1. The number of nitrogens with zero attached hydrogens (tertiary/aromatic N) is 2. The number of carboxylic acids is 1. The molecular weight excluding hydrogens is 391 g/mol. The number of nitrogens with one attached hydrogen (secondary N) is 1. The van der Waals surface area contributed by atoms with Gasteiger partial charge in [-0.3, -0.25) is 14.5 Å². The van der Waals surface area contributed by atoms with Gasteiger partial charge in [-0.1, -0.05) is 12.7 Å². The summed E-state index contributed by atoms with van der Waals surface area (Å²) >= 11 is 2.36. The van der Waals surface area contributed by atoms with Crippen molar-refractivity contribution in [2.24, 2.45) is 0 Å². The normalized spacial score (nSPS) is 22.7. The van der Waals surface area contributed by atoms with Gasteiger partial charge in [-0.25, -0.2) is 4.98 Å². The quantitative estimate of drug-likeness (QED) is 0.328. The molecule has 2 unspecified atom stereocenters. The molecule has 2 aliphatic rings. The molecule has 3 heterocycles. The fourth-order valence-electron chi connectivity index (χ4n) is 2.58. The van der Waals surface area contributed by atoms with Gasteiger partial charge in [0.1, 0.15) is 11.4 Å². The fourth-order valence-corrected chi connectivity index (χ4v) is 4.50. The van der Waals surface area contributed by atoms with E-state index in [0.29, 0.717) is 11.3 Å². The molecule has 12 heteroatoms. The van der Waals surface area contributed by atoms with E-state index in [4.69, 9.17) is 5.73 Å². The van der Waals surface area contributed by atoms with E-state index in [1.807, 2.05) is 0 Å². The number of rotatable bonds is 5. The number of β-lactam (4-membered cyclic amide) rings is 1. The predicted octanol–water partition coefficient (Wildman–Crippen LogP) is -4.65. The van der Waals surface area contributed by atoms with E-state index in [9.17, 15) is 24.6 Å². The van der Waals surface area contributed by atoms with Gasteiger partial charge in [0.25, 0.3) is 11.8 Å². The standard InChI is InChI=1S/C14H14N4O5S2.Na/c1-2-5-3-24-12-7(11(21)18(12)8(5)13(22)23)17-10(20)9(19)6-4-25-14(15)16-6;/h2,4,7,9,12,19H,1,3H2,(H2,15,16)(H,17,20)(H,22,23);/q;+1/p-1/t7?,9?,12-;/m0./s1. The van der Waals surface area contributed by atoms with Gasteiger partial charge < -0.3 is 26.1 Å². The number of carbonyl (C=O) groups excluding carboxylic acids is 3. The Kier molecular flexibility index (Phi) is 6.53. The molecule has 0 aromatic carbocycles. The average Bonchev–Trinajstić information content (AvgIpc) is 3.03. The van der Waals surface area contributed by atoms with Crippen LogP contribution in [-0.2, 0) is 14.4 Å². The van der Waals surface area contributed by atoms with Crippen molar-refractivity contribution in [1.29, 1.82) is 0 Å². The zero-order valence-electron chi connectivity index (χ0n) is 13.7. The van der Waals surface area contributed by atoms with Crippen LogP contribution in [0, 0.1) is 0 Å². The van der Waals surface area contributed by atoms with Crippen LogP contribution >= 0.6 is 23.1 Å². The molecule has 0 saturated carbocycles. The molecule has 3 atom stereocenters. The summed E-state index contributed by atoms with van der Waals surface area (Å²) in [4.78, 5) is 40.6. The Morgan fingerprint density at radius 3 is 2.81 bits per heavy atom. The number of fused-ring (bicyclic) bond motifs is 1. The molecule has 0 spiro atoms. The minimum Gasteiger partial charge on any atom is -0.543 e. The van der Waals surface area contributed by atoms with Crippen LogP contribution in [0.1, 0.15) is 11.8 Å². The van der Waals surface area contributed by atoms with Gasteiger partial charge in [0.15, 0.2) is 11.2 Å². The number of aliphatic carboxylic acids is 1. The third-order valence-electron chi connectivity index (χ3n) is 3.80. The summed E-state index contributed by atoms with van der Waals surface area (Å²) in [6.45, 7) is 3.53. The Morgan fingerprint density at radius 2 is 2.27 bits per heavy atom. The first-order valence-corrected chi connectivity index (χ1v) is 8.99. The number of thiazole rings is 1. The number of thioether (sulfide) groups is 1. The number of amides is 2. The van der Waals surface area contributed by atoms with Gasteiger partial charge in [0.2, 0.25) is 0 Å². The number of allylic oxidation sites excluding steroid dienone is 1. The van der Waals surface area contributed by atoms with Crippen LogP contribution < -0.4 is 45.7 Å². The summed E-state index contributed by atoms with van der Waals surface area (Å²) in [6, 6.07) is -0.941. The summed E-state index contributed by atoms with van der Waals surface area (Å²) in [5.74, 6) is -2.55. The molecule has 3 rings (SSSR count). The van der Waals surface area contributed by atoms with Gasteiger partial charge in [-0.2, -0.15) is 0 Å². The predicted molar refractivity (Wildman–Crippen MR) is 88.7 cm³/mol. The van der Waals surface area contributed by atoms with E-state index < -0.39 is 35.3 Å². The summed E-state index contributed by atoms with van der Waals surface area (Å²) in [5.41, 5.74) is 5.70. The van der Waals surface area contributed by atoms with Crippen molar-refractivity contribution in [1.82, 2.24) is 15.2 Å². The number of anilines is 1. The van der Waals surface area contributed by atoms with Crippen molar-refractivity contribution in [3.05, 3.63) is 35.0 Å². The number of nitrogen functional groups attached to an aromatic ring is 1. The number of hydrogen-bond acceptors (Lipinski definition) is 9. The van der Waals surface area contributed by atoms with E-state index in [-0.39, 0.29) is 46.1 Å². The first kappa shape index (κ1) is 20.9. The van der Waals surface area contributed by atoms with Crippen molar-refractivity contribution in [2.75, 3.05) is 11.5 Å². The van der Waals surface area contributed by atoms with Crippen LogP contribution in [0.2, 0.25) is 0 Å². The van der Waals surface area contributed by atoms with Crippen LogP contribution in [0.5, 0.6) is 0 Å². The Balaban J connectivity index is 0.00000243. The van der Waals surface area contributed by atoms with Gasteiger partial charge >= 0.3 is 29.6 Å². The largest absolute Gasteiger partial charge is 1.00 e. The Bertz CT molecular complexity index is 811. The summed E-state index contributed by atoms with van der Waals surface area (Å²) in [7, 11) is 0. The second-order valence-corrected chi connectivity index (χ2v) is 7.27. The third kappa shape index (κ3) is 3.55. The molecule has 26 heavy (non-hydrogen) atoms. The molecule has 0 bridgehead atoms. The number of aromatic nitrogens is 1. The fraction of sp³-hybridized carbons (Fsp3) is 0.286. The smallest absolute Gasteiger partial charge is 0.543 e. The molecule has 0 aliphatic carbocycles. The molecule has 0 radical (unpaired) electrons. The first-order valence-electron chi connectivity index (χ1n) is 7.06. The second kappa shape index (κ2) is 8.11. The molecule has 132 valence electrons. The number of carboxylic acid groups (broad SMARTS) is 1. The minimum absolute atomic E-state index is 0. The van der Waals surface area contributed by atoms with Crippen LogP contribution in [-0.4, -0.2) is 49.9 Å². The topological polar surface area (TPSA) is 149 Å². The maximum Gasteiger partial charge on any atom is 1.00 e. The second-order valence-electron chi connectivity index (χ2n) is 5.27. The molecule has 2 amide bonds. The van der Waals surface area contributed by atoms with Gasteiger partial charge in [0, 0.05) is 11.1 Å². The van der Waals surface area contributed by atoms with E-state index in [1.54, 1.807) is 0 Å². The number of carbonyl (C=O) groups is 3. The van der Waals surface area contributed by atoms with Crippen molar-refractivity contribution in [3.8, 4) is 0 Å². The monoisotopic (exact) mass is 404 g/mol. The van der Waals surface area contributed by atoms with E-state index in [1.165, 1.54) is 23.2 Å². The first-order chi connectivity index (χ1) is 11.8. The van der Waals surface area contributed by atoms with Crippen molar-refractivity contribution >= 4 is 46.0 Å². The molecule has 2 aliphatic heterocycles. The maximum absolute atomic E-state index is 12.3. The number of aliphatic hydroxyl groups is 1. The third-order valence-corrected chi connectivity index (χ3v) is 5.80. The Hall–Kier alpha value is -1.37. The molecule has 4 N–H and O–H groups in total. The van der Waals surface area contributed by atoms with Gasteiger partial charge in [0.05, 0.1) is 17.4 Å². The van der Waals surface area contributed by atoms with Crippen LogP contribution in [0.25, 0.3) is 0 Å². The zero-order valence-corrected chi connectivity index (χ0v) is 17.3. The molecule has 1 aromatic rings. The average molecular weight is 404 g/mol. The SMILES string of the molecule is C=CC1=C(C(=O)[O-])N2C(=O)C(NC(=O)C(O)c3csc(N)n3)[C@@H]2SC1.[Na+]. The van der Waals surface area contributed by atoms with E-state index >= 15 is 0 Å².